The Balaban J connectivity index is 1.36. The third-order valence-electron chi connectivity index (χ3n) is 4.79. The molecule has 1 atom stereocenters. The second kappa shape index (κ2) is 10.4. The number of rotatable bonds is 8. The van der Waals surface area contributed by atoms with Gasteiger partial charge in [0.05, 0.1) is 6.26 Å². The number of hydrogen-bond donors (Lipinski definition) is 2. The van der Waals surface area contributed by atoms with Gasteiger partial charge in [0.1, 0.15) is 19.3 Å². The van der Waals surface area contributed by atoms with Crippen molar-refractivity contribution in [3.8, 4) is 11.5 Å². The van der Waals surface area contributed by atoms with Gasteiger partial charge in [-0.25, -0.2) is 4.79 Å². The van der Waals surface area contributed by atoms with Crippen LogP contribution in [0.1, 0.15) is 16.1 Å². The first-order valence-corrected chi connectivity index (χ1v) is 10.3. The summed E-state index contributed by atoms with van der Waals surface area (Å²) in [5.74, 6) is -0.635. The van der Waals surface area contributed by atoms with Crippen molar-refractivity contribution >= 4 is 23.5 Å². The minimum Gasteiger partial charge on any atom is -0.486 e. The highest BCUT2D eigenvalue weighted by Crippen LogP contribution is 2.32. The van der Waals surface area contributed by atoms with Crippen molar-refractivity contribution in [2.24, 2.45) is 0 Å². The molecule has 0 radical (unpaired) electrons. The SMILES string of the molecule is O=C(COC(=O)C(Cc1ccccc1)NC(=O)c1ccco1)Nc1ccc2c(c1)OCCO2. The number of benzene rings is 2. The Kier molecular flexibility index (Phi) is 6.89. The molecule has 2 aromatic carbocycles. The lowest BCUT2D eigenvalue weighted by Gasteiger charge is -2.19. The van der Waals surface area contributed by atoms with E-state index in [4.69, 9.17) is 18.6 Å². The van der Waals surface area contributed by atoms with Gasteiger partial charge in [0.25, 0.3) is 11.8 Å². The van der Waals surface area contributed by atoms with E-state index in [0.29, 0.717) is 30.4 Å². The maximum Gasteiger partial charge on any atom is 0.329 e. The van der Waals surface area contributed by atoms with Crippen LogP contribution in [0.2, 0.25) is 0 Å². The van der Waals surface area contributed by atoms with E-state index in [-0.39, 0.29) is 12.2 Å². The van der Waals surface area contributed by atoms with Crippen LogP contribution in [0.3, 0.4) is 0 Å². The molecule has 2 amide bonds. The normalized spacial score (nSPS) is 13.0. The smallest absolute Gasteiger partial charge is 0.329 e. The van der Waals surface area contributed by atoms with Gasteiger partial charge in [-0.1, -0.05) is 30.3 Å². The molecule has 1 aliphatic heterocycles. The Morgan fingerprint density at radius 1 is 0.939 bits per heavy atom. The van der Waals surface area contributed by atoms with E-state index in [1.165, 1.54) is 12.3 Å². The summed E-state index contributed by atoms with van der Waals surface area (Å²) in [5.41, 5.74) is 1.30. The molecule has 9 heteroatoms. The molecule has 170 valence electrons. The lowest BCUT2D eigenvalue weighted by atomic mass is 10.1. The number of anilines is 1. The third-order valence-corrected chi connectivity index (χ3v) is 4.79. The zero-order valence-electron chi connectivity index (χ0n) is 17.6. The molecule has 1 aromatic heterocycles. The molecule has 0 saturated heterocycles. The fraction of sp³-hybridized carbons (Fsp3) is 0.208. The van der Waals surface area contributed by atoms with Crippen molar-refractivity contribution in [3.63, 3.8) is 0 Å². The van der Waals surface area contributed by atoms with Crippen LogP contribution in [0.15, 0.2) is 71.3 Å². The van der Waals surface area contributed by atoms with Crippen LogP contribution in [-0.4, -0.2) is 43.6 Å². The van der Waals surface area contributed by atoms with Gasteiger partial charge in [0.2, 0.25) is 0 Å². The Morgan fingerprint density at radius 2 is 1.73 bits per heavy atom. The molecule has 9 nitrogen and oxygen atoms in total. The summed E-state index contributed by atoms with van der Waals surface area (Å²) in [6, 6.07) is 16.2. The van der Waals surface area contributed by atoms with Crippen LogP contribution in [-0.2, 0) is 20.7 Å². The molecule has 0 saturated carbocycles. The molecule has 4 rings (SSSR count). The van der Waals surface area contributed by atoms with Crippen molar-refractivity contribution in [3.05, 3.63) is 78.3 Å². The summed E-state index contributed by atoms with van der Waals surface area (Å²) >= 11 is 0. The van der Waals surface area contributed by atoms with Gasteiger partial charge in [0, 0.05) is 18.2 Å². The minimum absolute atomic E-state index is 0.0669. The first kappa shape index (κ1) is 21.9. The van der Waals surface area contributed by atoms with Gasteiger partial charge >= 0.3 is 5.97 Å². The van der Waals surface area contributed by atoms with Crippen molar-refractivity contribution in [2.45, 2.75) is 12.5 Å². The third kappa shape index (κ3) is 5.91. The molecule has 0 aliphatic carbocycles. The summed E-state index contributed by atoms with van der Waals surface area (Å²) in [7, 11) is 0. The molecule has 0 spiro atoms. The first-order valence-electron chi connectivity index (χ1n) is 10.3. The molecular weight excluding hydrogens is 428 g/mol. The van der Waals surface area contributed by atoms with E-state index in [2.05, 4.69) is 10.6 Å². The van der Waals surface area contributed by atoms with Crippen molar-refractivity contribution in [1.82, 2.24) is 5.32 Å². The molecule has 2 N–H and O–H groups in total. The predicted octanol–water partition coefficient (Wildman–Crippen LogP) is 2.57. The highest BCUT2D eigenvalue weighted by Gasteiger charge is 2.25. The Bertz CT molecular complexity index is 1110. The van der Waals surface area contributed by atoms with Gasteiger partial charge in [-0.2, -0.15) is 0 Å². The zero-order chi connectivity index (χ0) is 23.0. The molecule has 33 heavy (non-hydrogen) atoms. The average Bonchev–Trinajstić information content (AvgIpc) is 3.38. The van der Waals surface area contributed by atoms with Crippen LogP contribution in [0.25, 0.3) is 0 Å². The maximum atomic E-state index is 12.7. The Morgan fingerprint density at radius 3 is 2.48 bits per heavy atom. The number of ether oxygens (including phenoxy) is 3. The molecule has 1 aliphatic rings. The molecular formula is C24H22N2O7. The summed E-state index contributed by atoms with van der Waals surface area (Å²) < 4.78 is 21.2. The molecule has 1 unspecified atom stereocenters. The summed E-state index contributed by atoms with van der Waals surface area (Å²) in [6.07, 6.45) is 1.55. The number of carbonyl (C=O) groups excluding carboxylic acids is 3. The van der Waals surface area contributed by atoms with Gasteiger partial charge in [-0.3, -0.25) is 9.59 Å². The van der Waals surface area contributed by atoms with Crippen LogP contribution >= 0.6 is 0 Å². The lowest BCUT2D eigenvalue weighted by Crippen LogP contribution is -2.44. The maximum absolute atomic E-state index is 12.7. The van der Waals surface area contributed by atoms with E-state index in [0.717, 1.165) is 5.56 Å². The second-order valence-electron chi connectivity index (χ2n) is 7.21. The number of hydrogen-bond acceptors (Lipinski definition) is 7. The quantitative estimate of drug-likeness (QED) is 0.507. The largest absolute Gasteiger partial charge is 0.486 e. The number of fused-ring (bicyclic) bond motifs is 1. The summed E-state index contributed by atoms with van der Waals surface area (Å²) in [4.78, 5) is 37.4. The fourth-order valence-electron chi connectivity index (χ4n) is 3.24. The molecule has 3 aromatic rings. The Hall–Kier alpha value is -4.27. The van der Waals surface area contributed by atoms with E-state index in [9.17, 15) is 14.4 Å². The van der Waals surface area contributed by atoms with E-state index >= 15 is 0 Å². The highest BCUT2D eigenvalue weighted by molar-refractivity contribution is 5.96. The second-order valence-corrected chi connectivity index (χ2v) is 7.21. The average molecular weight is 450 g/mol. The number of amides is 2. The zero-order valence-corrected chi connectivity index (χ0v) is 17.6. The number of esters is 1. The highest BCUT2D eigenvalue weighted by atomic mass is 16.6. The molecule has 2 heterocycles. The van der Waals surface area contributed by atoms with Crippen molar-refractivity contribution in [2.75, 3.05) is 25.1 Å². The van der Waals surface area contributed by atoms with Crippen LogP contribution < -0.4 is 20.1 Å². The summed E-state index contributed by atoms with van der Waals surface area (Å²) in [6.45, 7) is 0.374. The van der Waals surface area contributed by atoms with Gasteiger partial charge in [0.15, 0.2) is 23.9 Å². The predicted molar refractivity (Wildman–Crippen MR) is 117 cm³/mol. The monoisotopic (exact) mass is 450 g/mol. The first-order chi connectivity index (χ1) is 16.1. The van der Waals surface area contributed by atoms with Gasteiger partial charge in [-0.15, -0.1) is 0 Å². The van der Waals surface area contributed by atoms with Gasteiger partial charge in [-0.05, 0) is 29.8 Å². The Labute approximate surface area is 189 Å². The topological polar surface area (TPSA) is 116 Å². The number of nitrogens with one attached hydrogen (secondary N) is 2. The van der Waals surface area contributed by atoms with Crippen molar-refractivity contribution < 1.29 is 33.0 Å². The van der Waals surface area contributed by atoms with E-state index in [1.54, 1.807) is 24.3 Å². The number of carbonyl (C=O) groups is 3. The van der Waals surface area contributed by atoms with Crippen molar-refractivity contribution in [1.29, 1.82) is 0 Å². The van der Waals surface area contributed by atoms with Gasteiger partial charge < -0.3 is 29.3 Å². The lowest BCUT2D eigenvalue weighted by molar-refractivity contribution is -0.149. The number of furan rings is 1. The standard InChI is InChI=1S/C24H22N2O7/c27-22(25-17-8-9-19-21(14-17)32-12-11-31-19)15-33-24(29)18(13-16-5-2-1-3-6-16)26-23(28)20-7-4-10-30-20/h1-10,14,18H,11-13,15H2,(H,25,27)(H,26,28). The van der Waals surface area contributed by atoms with Crippen LogP contribution in [0.4, 0.5) is 5.69 Å². The van der Waals surface area contributed by atoms with Crippen LogP contribution in [0, 0.1) is 0 Å². The summed E-state index contributed by atoms with van der Waals surface area (Å²) in [5, 5.41) is 5.25. The van der Waals surface area contributed by atoms with Crippen LogP contribution in [0.5, 0.6) is 11.5 Å². The van der Waals surface area contributed by atoms with E-state index in [1.807, 2.05) is 30.3 Å². The molecule has 0 bridgehead atoms. The molecule has 0 fully saturated rings. The van der Waals surface area contributed by atoms with E-state index < -0.39 is 30.4 Å². The fourth-order valence-corrected chi connectivity index (χ4v) is 3.24. The minimum atomic E-state index is -1.01.